The fourth-order valence-corrected chi connectivity index (χ4v) is 6.14. The van der Waals surface area contributed by atoms with Gasteiger partial charge in [-0.3, -0.25) is 14.4 Å². The first-order valence-electron chi connectivity index (χ1n) is 13.1. The van der Waals surface area contributed by atoms with Gasteiger partial charge in [0.15, 0.2) is 0 Å². The lowest BCUT2D eigenvalue weighted by atomic mass is 9.83. The van der Waals surface area contributed by atoms with Crippen LogP contribution in [0.25, 0.3) is 0 Å². The van der Waals surface area contributed by atoms with Gasteiger partial charge in [0.25, 0.3) is 0 Å². The number of amides is 2. The van der Waals surface area contributed by atoms with Gasteiger partial charge in [-0.2, -0.15) is 0 Å². The Morgan fingerprint density at radius 3 is 2.49 bits per heavy atom. The Balaban J connectivity index is 1.53. The second-order valence-corrected chi connectivity index (χ2v) is 11.0. The molecule has 2 aliphatic rings. The number of benzene rings is 1. The summed E-state index contributed by atoms with van der Waals surface area (Å²) in [7, 11) is 0. The van der Waals surface area contributed by atoms with Crippen LogP contribution in [0, 0.1) is 18.8 Å². The summed E-state index contributed by atoms with van der Waals surface area (Å²) in [5.74, 6) is -0.0487. The molecule has 2 fully saturated rings. The molecule has 1 aliphatic carbocycles. The Morgan fingerprint density at radius 2 is 1.80 bits per heavy atom. The van der Waals surface area contributed by atoms with E-state index in [1.807, 2.05) is 55.3 Å². The van der Waals surface area contributed by atoms with E-state index in [1.165, 1.54) is 17.8 Å². The first-order valence-corrected chi connectivity index (χ1v) is 13.9. The van der Waals surface area contributed by atoms with E-state index in [9.17, 15) is 14.4 Å². The van der Waals surface area contributed by atoms with Gasteiger partial charge in [0, 0.05) is 23.4 Å². The minimum Gasteiger partial charge on any atom is -0.344 e. The summed E-state index contributed by atoms with van der Waals surface area (Å²) in [4.78, 5) is 46.2. The van der Waals surface area contributed by atoms with Crippen molar-refractivity contribution >= 4 is 28.9 Å². The Hall–Kier alpha value is -2.54. The minimum atomic E-state index is -0.481. The lowest BCUT2D eigenvalue weighted by Crippen LogP contribution is -2.53. The van der Waals surface area contributed by atoms with E-state index in [4.69, 9.17) is 0 Å². The maximum atomic E-state index is 13.9. The smallest absolute Gasteiger partial charge is 0.246 e. The molecule has 1 aromatic carbocycles. The first kappa shape index (κ1) is 25.5. The van der Waals surface area contributed by atoms with Gasteiger partial charge < -0.3 is 10.2 Å². The molecule has 1 aliphatic heterocycles. The molecule has 7 heteroatoms. The third kappa shape index (κ3) is 5.83. The number of aromatic nitrogens is 1. The van der Waals surface area contributed by atoms with Crippen molar-refractivity contribution in [2.24, 2.45) is 11.8 Å². The van der Waals surface area contributed by atoms with E-state index >= 15 is 0 Å². The first-order chi connectivity index (χ1) is 16.9. The average molecular weight is 496 g/mol. The molecule has 6 nitrogen and oxygen atoms in total. The zero-order valence-corrected chi connectivity index (χ0v) is 21.9. The average Bonchev–Trinajstić information content (AvgIpc) is 3.56. The second-order valence-electron chi connectivity index (χ2n) is 10.1. The van der Waals surface area contributed by atoms with Crippen molar-refractivity contribution in [2.45, 2.75) is 84.2 Å². The number of carbonyl (C=O) groups is 3. The summed E-state index contributed by atoms with van der Waals surface area (Å²) in [6.45, 7) is 6.56. The zero-order valence-electron chi connectivity index (χ0n) is 21.1. The fourth-order valence-electron chi connectivity index (χ4n) is 5.19. The van der Waals surface area contributed by atoms with Crippen LogP contribution in [-0.2, 0) is 9.59 Å². The highest BCUT2D eigenvalue weighted by atomic mass is 32.1. The number of nitrogens with zero attached hydrogens (tertiary/aromatic N) is 2. The summed E-state index contributed by atoms with van der Waals surface area (Å²) in [6.07, 6.45) is 7.83. The molecular weight excluding hydrogens is 458 g/mol. The number of nitrogens with one attached hydrogen (secondary N) is 1. The van der Waals surface area contributed by atoms with Crippen LogP contribution in [0.15, 0.2) is 29.6 Å². The van der Waals surface area contributed by atoms with Crippen LogP contribution in [0.1, 0.15) is 97.9 Å². The Bertz CT molecular complexity index is 1040. The second kappa shape index (κ2) is 11.5. The van der Waals surface area contributed by atoms with Gasteiger partial charge in [-0.1, -0.05) is 62.9 Å². The Kier molecular flexibility index (Phi) is 8.37. The molecular formula is C28H37N3O3S. The number of aryl methyl sites for hydroxylation is 1. The normalized spacial score (nSPS) is 20.4. The summed E-state index contributed by atoms with van der Waals surface area (Å²) >= 11 is 1.45. The van der Waals surface area contributed by atoms with Gasteiger partial charge >= 0.3 is 0 Å². The predicted molar refractivity (Wildman–Crippen MR) is 138 cm³/mol. The van der Waals surface area contributed by atoms with E-state index in [0.717, 1.165) is 55.5 Å². The standard InChI is InChI=1S/C28H37N3O3S/c1-4-19(3)26(33)30-24(20-9-6-5-7-10-20)28(34)31-16-8-11-23(31)27-29-22(17-35-27)25(32)21-14-12-18(2)13-15-21/h12-15,17,19-20,23-24H,4-11,16H2,1-3H3,(H,30,33)/t19-,23+,24+/m1/s1. The number of ketones is 1. The van der Waals surface area contributed by atoms with Gasteiger partial charge in [-0.15, -0.1) is 11.3 Å². The maximum Gasteiger partial charge on any atom is 0.246 e. The van der Waals surface area contributed by atoms with E-state index in [0.29, 0.717) is 17.8 Å². The summed E-state index contributed by atoms with van der Waals surface area (Å²) in [5.41, 5.74) is 2.16. The highest BCUT2D eigenvalue weighted by Crippen LogP contribution is 2.36. The topological polar surface area (TPSA) is 79.4 Å². The van der Waals surface area contributed by atoms with E-state index in [1.54, 1.807) is 0 Å². The third-order valence-electron chi connectivity index (χ3n) is 7.63. The van der Waals surface area contributed by atoms with Crippen LogP contribution < -0.4 is 5.32 Å². The van der Waals surface area contributed by atoms with Crippen LogP contribution in [-0.4, -0.2) is 40.1 Å². The van der Waals surface area contributed by atoms with Crippen molar-refractivity contribution in [1.82, 2.24) is 15.2 Å². The lowest BCUT2D eigenvalue weighted by molar-refractivity contribution is -0.140. The number of thiazole rings is 1. The summed E-state index contributed by atoms with van der Waals surface area (Å²) < 4.78 is 0. The third-order valence-corrected chi connectivity index (χ3v) is 8.58. The van der Waals surface area contributed by atoms with Crippen molar-refractivity contribution < 1.29 is 14.4 Å². The molecule has 1 saturated carbocycles. The van der Waals surface area contributed by atoms with Gasteiger partial charge in [-0.05, 0) is 44.9 Å². The van der Waals surface area contributed by atoms with Crippen molar-refractivity contribution in [3.8, 4) is 0 Å². The van der Waals surface area contributed by atoms with Crippen molar-refractivity contribution in [2.75, 3.05) is 6.54 Å². The van der Waals surface area contributed by atoms with Crippen molar-refractivity contribution in [1.29, 1.82) is 0 Å². The van der Waals surface area contributed by atoms with Crippen LogP contribution in [0.5, 0.6) is 0 Å². The predicted octanol–water partition coefficient (Wildman–Crippen LogP) is 5.46. The Labute approximate surface area is 212 Å². The fraction of sp³-hybridized carbons (Fsp3) is 0.571. The highest BCUT2D eigenvalue weighted by Gasteiger charge is 2.40. The van der Waals surface area contributed by atoms with Crippen LogP contribution in [0.4, 0.5) is 0 Å². The molecule has 1 aromatic heterocycles. The maximum absolute atomic E-state index is 13.9. The van der Waals surface area contributed by atoms with Crippen LogP contribution in [0.3, 0.4) is 0 Å². The van der Waals surface area contributed by atoms with Crippen LogP contribution >= 0.6 is 11.3 Å². The molecule has 35 heavy (non-hydrogen) atoms. The number of rotatable bonds is 8. The molecule has 1 saturated heterocycles. The zero-order chi connectivity index (χ0) is 24.9. The monoisotopic (exact) mass is 495 g/mol. The largest absolute Gasteiger partial charge is 0.344 e. The minimum absolute atomic E-state index is 0.0117. The molecule has 4 rings (SSSR count). The molecule has 188 valence electrons. The van der Waals surface area contributed by atoms with Gasteiger partial charge in [0.1, 0.15) is 16.7 Å². The SMILES string of the molecule is CC[C@@H](C)C(=O)N[C@H](C(=O)N1CCC[C@H]1c1nc(C(=O)c2ccc(C)cc2)cs1)C1CCCCC1. The van der Waals surface area contributed by atoms with E-state index < -0.39 is 6.04 Å². The van der Waals surface area contributed by atoms with E-state index in [-0.39, 0.29) is 35.5 Å². The van der Waals surface area contributed by atoms with E-state index in [2.05, 4.69) is 10.3 Å². The molecule has 2 heterocycles. The molecule has 0 spiro atoms. The van der Waals surface area contributed by atoms with Crippen LogP contribution in [0.2, 0.25) is 0 Å². The Morgan fingerprint density at radius 1 is 1.09 bits per heavy atom. The van der Waals surface area contributed by atoms with Crippen molar-refractivity contribution in [3.05, 3.63) is 51.5 Å². The number of hydrogen-bond acceptors (Lipinski definition) is 5. The molecule has 0 bridgehead atoms. The van der Waals surface area contributed by atoms with Gasteiger partial charge in [-0.25, -0.2) is 4.98 Å². The number of carbonyl (C=O) groups excluding carboxylic acids is 3. The van der Waals surface area contributed by atoms with Crippen molar-refractivity contribution in [3.63, 3.8) is 0 Å². The van der Waals surface area contributed by atoms with Gasteiger partial charge in [0.05, 0.1) is 6.04 Å². The highest BCUT2D eigenvalue weighted by molar-refractivity contribution is 7.10. The quantitative estimate of drug-likeness (QED) is 0.494. The molecule has 1 N–H and O–H groups in total. The molecule has 0 unspecified atom stereocenters. The number of likely N-dealkylation sites (tertiary alicyclic amines) is 1. The van der Waals surface area contributed by atoms with Gasteiger partial charge in [0.2, 0.25) is 17.6 Å². The molecule has 2 aromatic rings. The summed E-state index contributed by atoms with van der Waals surface area (Å²) in [6, 6.07) is 6.89. The number of hydrogen-bond donors (Lipinski definition) is 1. The molecule has 3 atom stereocenters. The molecule has 0 radical (unpaired) electrons. The summed E-state index contributed by atoms with van der Waals surface area (Å²) in [5, 5.41) is 5.75. The molecule has 2 amide bonds. The lowest BCUT2D eigenvalue weighted by Gasteiger charge is -2.35.